The Kier molecular flexibility index (Phi) is 3.31. The first-order valence-corrected chi connectivity index (χ1v) is 6.04. The van der Waals surface area contributed by atoms with Gasteiger partial charge < -0.3 is 10.5 Å². The van der Waals surface area contributed by atoms with Gasteiger partial charge in [0, 0.05) is 5.41 Å². The van der Waals surface area contributed by atoms with Crippen LogP contribution in [0.4, 0.5) is 0 Å². The van der Waals surface area contributed by atoms with Crippen molar-refractivity contribution in [1.29, 1.82) is 0 Å². The van der Waals surface area contributed by atoms with E-state index in [0.717, 1.165) is 26.2 Å². The van der Waals surface area contributed by atoms with Crippen molar-refractivity contribution in [1.82, 2.24) is 0 Å². The molecule has 88 valence electrons. The minimum Gasteiger partial charge on any atom is -0.379 e. The van der Waals surface area contributed by atoms with Crippen LogP contribution < -0.4 is 5.73 Å². The Labute approximate surface area is 97.8 Å². The van der Waals surface area contributed by atoms with Crippen LogP contribution in [-0.2, 0) is 10.2 Å². The lowest BCUT2D eigenvalue weighted by atomic mass is 9.68. The molecule has 0 aromatic heterocycles. The van der Waals surface area contributed by atoms with Gasteiger partial charge in [-0.1, -0.05) is 36.8 Å². The Balaban J connectivity index is 2.27. The molecule has 0 amide bonds. The molecule has 1 fully saturated rings. The van der Waals surface area contributed by atoms with Crippen LogP contribution in [0.5, 0.6) is 0 Å². The first-order chi connectivity index (χ1) is 7.69. The fraction of sp³-hybridized carbons (Fsp3) is 0.571. The van der Waals surface area contributed by atoms with Crippen molar-refractivity contribution < 1.29 is 4.74 Å². The highest BCUT2D eigenvalue weighted by molar-refractivity contribution is 5.32. The van der Waals surface area contributed by atoms with Gasteiger partial charge in [0.15, 0.2) is 0 Å². The predicted octanol–water partition coefficient (Wildman–Crippen LogP) is 2.25. The molecule has 1 aromatic rings. The Morgan fingerprint density at radius 2 is 2.19 bits per heavy atom. The van der Waals surface area contributed by atoms with E-state index in [1.807, 2.05) is 0 Å². The Morgan fingerprint density at radius 1 is 1.44 bits per heavy atom. The van der Waals surface area contributed by atoms with E-state index in [2.05, 4.69) is 38.1 Å². The normalized spacial score (nSPS) is 20.2. The molecule has 2 N–H and O–H groups in total. The molecule has 0 radical (unpaired) electrons. The van der Waals surface area contributed by atoms with E-state index < -0.39 is 0 Å². The van der Waals surface area contributed by atoms with Crippen LogP contribution >= 0.6 is 0 Å². The number of aryl methyl sites for hydroxylation is 1. The van der Waals surface area contributed by atoms with Crippen molar-refractivity contribution in [3.63, 3.8) is 0 Å². The average Bonchev–Trinajstić information content (AvgIpc) is 2.16. The fourth-order valence-electron chi connectivity index (χ4n) is 2.54. The Hall–Kier alpha value is -0.860. The first kappa shape index (κ1) is 11.6. The molecule has 1 unspecified atom stereocenters. The highest BCUT2D eigenvalue weighted by Crippen LogP contribution is 2.40. The summed E-state index contributed by atoms with van der Waals surface area (Å²) in [5.41, 5.74) is 8.63. The molecular weight excluding hydrogens is 198 g/mol. The maximum Gasteiger partial charge on any atom is 0.0588 e. The van der Waals surface area contributed by atoms with Crippen LogP contribution in [-0.4, -0.2) is 19.8 Å². The van der Waals surface area contributed by atoms with Crippen molar-refractivity contribution in [2.75, 3.05) is 19.8 Å². The third-order valence-electron chi connectivity index (χ3n) is 3.86. The van der Waals surface area contributed by atoms with Crippen LogP contribution in [0.3, 0.4) is 0 Å². The zero-order chi connectivity index (χ0) is 11.6. The zero-order valence-corrected chi connectivity index (χ0v) is 10.2. The van der Waals surface area contributed by atoms with Crippen molar-refractivity contribution in [3.05, 3.63) is 35.4 Å². The maximum absolute atomic E-state index is 5.67. The van der Waals surface area contributed by atoms with Crippen molar-refractivity contribution in [2.24, 2.45) is 11.7 Å². The van der Waals surface area contributed by atoms with Gasteiger partial charge in [-0.05, 0) is 31.4 Å². The van der Waals surface area contributed by atoms with Gasteiger partial charge in [-0.3, -0.25) is 0 Å². The van der Waals surface area contributed by atoms with Gasteiger partial charge in [-0.15, -0.1) is 0 Å². The van der Waals surface area contributed by atoms with Crippen LogP contribution in [0.1, 0.15) is 24.5 Å². The van der Waals surface area contributed by atoms with E-state index in [0.29, 0.717) is 5.92 Å². The number of rotatable bonds is 4. The minimum atomic E-state index is 0.214. The molecule has 1 aromatic carbocycles. The van der Waals surface area contributed by atoms with E-state index in [1.54, 1.807) is 0 Å². The van der Waals surface area contributed by atoms with E-state index in [9.17, 15) is 0 Å². The minimum absolute atomic E-state index is 0.214. The molecule has 16 heavy (non-hydrogen) atoms. The average molecular weight is 219 g/mol. The molecule has 1 aliphatic rings. The molecule has 1 aliphatic heterocycles. The predicted molar refractivity (Wildman–Crippen MR) is 66.5 cm³/mol. The van der Waals surface area contributed by atoms with Gasteiger partial charge in [-0.2, -0.15) is 0 Å². The largest absolute Gasteiger partial charge is 0.379 e. The summed E-state index contributed by atoms with van der Waals surface area (Å²) in [7, 11) is 0. The molecule has 2 rings (SSSR count). The number of ether oxygens (including phenoxy) is 1. The maximum atomic E-state index is 5.67. The number of hydrogen-bond donors (Lipinski definition) is 1. The van der Waals surface area contributed by atoms with Crippen molar-refractivity contribution >= 4 is 0 Å². The molecule has 0 aliphatic carbocycles. The van der Waals surface area contributed by atoms with Crippen LogP contribution in [0.25, 0.3) is 0 Å². The lowest BCUT2D eigenvalue weighted by Gasteiger charge is -2.46. The molecule has 0 saturated carbocycles. The third kappa shape index (κ3) is 1.87. The van der Waals surface area contributed by atoms with Crippen LogP contribution in [0, 0.1) is 12.8 Å². The molecule has 0 bridgehead atoms. The van der Waals surface area contributed by atoms with Gasteiger partial charge in [0.05, 0.1) is 13.2 Å². The molecule has 1 atom stereocenters. The van der Waals surface area contributed by atoms with Crippen molar-refractivity contribution in [2.45, 2.75) is 25.7 Å². The number of benzene rings is 1. The highest BCUT2D eigenvalue weighted by Gasteiger charge is 2.44. The third-order valence-corrected chi connectivity index (χ3v) is 3.86. The summed E-state index contributed by atoms with van der Waals surface area (Å²) in [6, 6.07) is 8.79. The van der Waals surface area contributed by atoms with Gasteiger partial charge >= 0.3 is 0 Å². The summed E-state index contributed by atoms with van der Waals surface area (Å²) in [5.74, 6) is 0.591. The smallest absolute Gasteiger partial charge is 0.0588 e. The fourth-order valence-corrected chi connectivity index (χ4v) is 2.54. The second-order valence-corrected chi connectivity index (χ2v) is 5.00. The second kappa shape index (κ2) is 4.56. The topological polar surface area (TPSA) is 35.2 Å². The molecule has 2 nitrogen and oxygen atoms in total. The molecule has 2 heteroatoms. The lowest BCUT2D eigenvalue weighted by Crippen LogP contribution is -2.52. The summed E-state index contributed by atoms with van der Waals surface area (Å²) in [6.07, 6.45) is 1.07. The summed E-state index contributed by atoms with van der Waals surface area (Å²) in [5, 5.41) is 0. The Morgan fingerprint density at radius 3 is 2.69 bits per heavy atom. The standard InChI is InChI=1S/C14H21NO/c1-11-4-3-5-13(8-11)14(9-16-10-14)12(2)6-7-15/h3-5,8,12H,6-7,9-10,15H2,1-2H3. The monoisotopic (exact) mass is 219 g/mol. The Bertz CT molecular complexity index is 358. The lowest BCUT2D eigenvalue weighted by molar-refractivity contribution is -0.0883. The van der Waals surface area contributed by atoms with Crippen LogP contribution in [0.15, 0.2) is 24.3 Å². The van der Waals surface area contributed by atoms with E-state index in [1.165, 1.54) is 11.1 Å². The molecule has 1 heterocycles. The summed E-state index contributed by atoms with van der Waals surface area (Å²) in [6.45, 7) is 6.88. The number of hydrogen-bond acceptors (Lipinski definition) is 2. The quantitative estimate of drug-likeness (QED) is 0.843. The van der Waals surface area contributed by atoms with Crippen LogP contribution in [0.2, 0.25) is 0 Å². The first-order valence-electron chi connectivity index (χ1n) is 6.04. The van der Waals surface area contributed by atoms with E-state index in [4.69, 9.17) is 10.5 Å². The van der Waals surface area contributed by atoms with Crippen molar-refractivity contribution in [3.8, 4) is 0 Å². The van der Waals surface area contributed by atoms with Gasteiger partial charge in [0.1, 0.15) is 0 Å². The number of nitrogens with two attached hydrogens (primary N) is 1. The summed E-state index contributed by atoms with van der Waals surface area (Å²) in [4.78, 5) is 0. The van der Waals surface area contributed by atoms with Gasteiger partial charge in [0.2, 0.25) is 0 Å². The SMILES string of the molecule is Cc1cccc(C2(C(C)CCN)COC2)c1. The van der Waals surface area contributed by atoms with Gasteiger partial charge in [0.25, 0.3) is 0 Å². The van der Waals surface area contributed by atoms with E-state index in [-0.39, 0.29) is 5.41 Å². The molecule has 0 spiro atoms. The molecule has 1 saturated heterocycles. The summed E-state index contributed by atoms with van der Waals surface area (Å²) < 4.78 is 5.46. The van der Waals surface area contributed by atoms with Gasteiger partial charge in [-0.25, -0.2) is 0 Å². The van der Waals surface area contributed by atoms with E-state index >= 15 is 0 Å². The summed E-state index contributed by atoms with van der Waals surface area (Å²) >= 11 is 0. The molecular formula is C14H21NO. The zero-order valence-electron chi connectivity index (χ0n) is 10.2. The highest BCUT2D eigenvalue weighted by atomic mass is 16.5. The second-order valence-electron chi connectivity index (χ2n) is 5.00.